The fourth-order valence-corrected chi connectivity index (χ4v) is 1.65. The molecule has 0 saturated heterocycles. The fourth-order valence-electron chi connectivity index (χ4n) is 1.65. The van der Waals surface area contributed by atoms with E-state index < -0.39 is 0 Å². The molecule has 0 amide bonds. The number of ether oxygens (including phenoxy) is 2. The molecule has 0 saturated carbocycles. The number of halogens is 1. The van der Waals surface area contributed by atoms with Gasteiger partial charge in [-0.3, -0.25) is 0 Å². The van der Waals surface area contributed by atoms with Crippen LogP contribution in [0.2, 0.25) is 0 Å². The van der Waals surface area contributed by atoms with Gasteiger partial charge in [0.2, 0.25) is 0 Å². The van der Waals surface area contributed by atoms with E-state index in [1.165, 1.54) is 20.3 Å². The highest BCUT2D eigenvalue weighted by Crippen LogP contribution is 2.33. The van der Waals surface area contributed by atoms with E-state index in [9.17, 15) is 4.39 Å². The van der Waals surface area contributed by atoms with Crippen molar-refractivity contribution in [3.8, 4) is 11.5 Å². The fraction of sp³-hybridized carbons (Fsp3) is 0.500. The minimum Gasteiger partial charge on any atom is -0.493 e. The molecule has 0 spiro atoms. The van der Waals surface area contributed by atoms with Gasteiger partial charge in [-0.2, -0.15) is 0 Å². The van der Waals surface area contributed by atoms with E-state index in [2.05, 4.69) is 0 Å². The molecule has 1 rings (SSSR count). The van der Waals surface area contributed by atoms with Crippen LogP contribution in [0.4, 0.5) is 4.39 Å². The maximum absolute atomic E-state index is 13.8. The standard InChI is InChI=1S/C12H18FNO2/c1-8(4-5-14)9-6-11(15-2)12(16-3)7-10(9)13/h6-8H,4-5,14H2,1-3H3. The van der Waals surface area contributed by atoms with Gasteiger partial charge in [0.25, 0.3) is 0 Å². The molecular weight excluding hydrogens is 209 g/mol. The summed E-state index contributed by atoms with van der Waals surface area (Å²) in [6.45, 7) is 2.48. The van der Waals surface area contributed by atoms with Crippen molar-refractivity contribution < 1.29 is 13.9 Å². The first-order valence-corrected chi connectivity index (χ1v) is 5.25. The van der Waals surface area contributed by atoms with Crippen LogP contribution in [-0.2, 0) is 0 Å². The SMILES string of the molecule is COc1cc(F)c(C(C)CCN)cc1OC. The first-order valence-electron chi connectivity index (χ1n) is 5.25. The maximum atomic E-state index is 13.8. The first-order chi connectivity index (χ1) is 7.63. The first kappa shape index (κ1) is 12.8. The van der Waals surface area contributed by atoms with Gasteiger partial charge in [-0.05, 0) is 30.5 Å². The Bertz CT molecular complexity index is 355. The molecule has 1 aromatic rings. The molecule has 4 heteroatoms. The minimum atomic E-state index is -0.279. The maximum Gasteiger partial charge on any atom is 0.163 e. The normalized spacial score (nSPS) is 12.3. The zero-order valence-corrected chi connectivity index (χ0v) is 9.92. The molecule has 0 heterocycles. The number of methoxy groups -OCH3 is 2. The Hall–Kier alpha value is -1.29. The van der Waals surface area contributed by atoms with Crippen molar-refractivity contribution in [3.05, 3.63) is 23.5 Å². The number of nitrogens with two attached hydrogens (primary N) is 1. The molecule has 2 N–H and O–H groups in total. The summed E-state index contributed by atoms with van der Waals surface area (Å²) in [6.07, 6.45) is 0.742. The minimum absolute atomic E-state index is 0.0739. The molecule has 3 nitrogen and oxygen atoms in total. The van der Waals surface area contributed by atoms with Crippen LogP contribution in [-0.4, -0.2) is 20.8 Å². The molecule has 90 valence electrons. The molecule has 1 atom stereocenters. The van der Waals surface area contributed by atoms with Gasteiger partial charge in [-0.15, -0.1) is 0 Å². The molecular formula is C12H18FNO2. The van der Waals surface area contributed by atoms with Gasteiger partial charge in [0.1, 0.15) is 5.82 Å². The van der Waals surface area contributed by atoms with Crippen molar-refractivity contribution in [2.75, 3.05) is 20.8 Å². The van der Waals surface area contributed by atoms with Crippen molar-refractivity contribution >= 4 is 0 Å². The third-order valence-electron chi connectivity index (χ3n) is 2.63. The number of hydrogen-bond acceptors (Lipinski definition) is 3. The van der Waals surface area contributed by atoms with Crippen LogP contribution in [0.15, 0.2) is 12.1 Å². The van der Waals surface area contributed by atoms with Crippen molar-refractivity contribution in [2.45, 2.75) is 19.3 Å². The topological polar surface area (TPSA) is 44.5 Å². The van der Waals surface area contributed by atoms with Crippen molar-refractivity contribution in [1.82, 2.24) is 0 Å². The summed E-state index contributed by atoms with van der Waals surface area (Å²) in [5.74, 6) is 0.745. The van der Waals surface area contributed by atoms with E-state index in [1.807, 2.05) is 6.92 Å². The Labute approximate surface area is 95.4 Å². The summed E-state index contributed by atoms with van der Waals surface area (Å²) in [5, 5.41) is 0. The van der Waals surface area contributed by atoms with Crippen molar-refractivity contribution in [3.63, 3.8) is 0 Å². The Balaban J connectivity index is 3.10. The van der Waals surface area contributed by atoms with Gasteiger partial charge >= 0.3 is 0 Å². The summed E-state index contributed by atoms with van der Waals surface area (Å²) in [4.78, 5) is 0. The lowest BCUT2D eigenvalue weighted by molar-refractivity contribution is 0.351. The van der Waals surface area contributed by atoms with E-state index in [0.29, 0.717) is 23.6 Å². The Morgan fingerprint density at radius 3 is 2.31 bits per heavy atom. The smallest absolute Gasteiger partial charge is 0.163 e. The molecule has 16 heavy (non-hydrogen) atoms. The van der Waals surface area contributed by atoms with Crippen LogP contribution >= 0.6 is 0 Å². The molecule has 0 fully saturated rings. The van der Waals surface area contributed by atoms with Crippen LogP contribution in [0.5, 0.6) is 11.5 Å². The molecule has 0 aliphatic carbocycles. The summed E-state index contributed by atoms with van der Waals surface area (Å²) in [6, 6.07) is 3.02. The molecule has 1 aromatic carbocycles. The molecule has 0 bridgehead atoms. The number of benzene rings is 1. The summed E-state index contributed by atoms with van der Waals surface area (Å²) < 4.78 is 23.9. The molecule has 0 aliphatic heterocycles. The molecule has 0 radical (unpaired) electrons. The van der Waals surface area contributed by atoms with Gasteiger partial charge in [-0.1, -0.05) is 6.92 Å². The third-order valence-corrected chi connectivity index (χ3v) is 2.63. The zero-order valence-electron chi connectivity index (χ0n) is 9.92. The zero-order chi connectivity index (χ0) is 12.1. The van der Waals surface area contributed by atoms with Gasteiger partial charge in [0.15, 0.2) is 11.5 Å². The Kier molecular flexibility index (Phi) is 4.55. The van der Waals surface area contributed by atoms with Gasteiger partial charge in [-0.25, -0.2) is 4.39 Å². The van der Waals surface area contributed by atoms with E-state index >= 15 is 0 Å². The van der Waals surface area contributed by atoms with Gasteiger partial charge < -0.3 is 15.2 Å². The predicted molar refractivity (Wildman–Crippen MR) is 61.6 cm³/mol. The predicted octanol–water partition coefficient (Wildman–Crippen LogP) is 2.30. The molecule has 0 aliphatic rings. The van der Waals surface area contributed by atoms with E-state index in [-0.39, 0.29) is 11.7 Å². The van der Waals surface area contributed by atoms with Crippen LogP contribution in [0.1, 0.15) is 24.8 Å². The Morgan fingerprint density at radius 2 is 1.81 bits per heavy atom. The van der Waals surface area contributed by atoms with Gasteiger partial charge in [0.05, 0.1) is 14.2 Å². The Morgan fingerprint density at radius 1 is 1.25 bits per heavy atom. The van der Waals surface area contributed by atoms with Crippen molar-refractivity contribution in [1.29, 1.82) is 0 Å². The quantitative estimate of drug-likeness (QED) is 0.839. The average Bonchev–Trinajstić information content (AvgIpc) is 2.28. The van der Waals surface area contributed by atoms with Crippen LogP contribution in [0.25, 0.3) is 0 Å². The third kappa shape index (κ3) is 2.64. The number of rotatable bonds is 5. The summed E-state index contributed by atoms with van der Waals surface area (Å²) in [5.41, 5.74) is 6.08. The molecule has 1 unspecified atom stereocenters. The monoisotopic (exact) mass is 227 g/mol. The summed E-state index contributed by atoms with van der Waals surface area (Å²) in [7, 11) is 3.02. The number of hydrogen-bond donors (Lipinski definition) is 1. The second-order valence-electron chi connectivity index (χ2n) is 3.71. The highest BCUT2D eigenvalue weighted by atomic mass is 19.1. The summed E-state index contributed by atoms with van der Waals surface area (Å²) >= 11 is 0. The van der Waals surface area contributed by atoms with E-state index in [4.69, 9.17) is 15.2 Å². The van der Waals surface area contributed by atoms with Gasteiger partial charge in [0, 0.05) is 6.07 Å². The lowest BCUT2D eigenvalue weighted by Gasteiger charge is -2.15. The van der Waals surface area contributed by atoms with Crippen molar-refractivity contribution in [2.24, 2.45) is 5.73 Å². The molecule has 0 aromatic heterocycles. The largest absolute Gasteiger partial charge is 0.493 e. The highest BCUT2D eigenvalue weighted by molar-refractivity contribution is 5.44. The van der Waals surface area contributed by atoms with Crippen LogP contribution in [0.3, 0.4) is 0 Å². The van der Waals surface area contributed by atoms with E-state index in [1.54, 1.807) is 6.07 Å². The average molecular weight is 227 g/mol. The second-order valence-corrected chi connectivity index (χ2v) is 3.71. The lowest BCUT2D eigenvalue weighted by atomic mass is 9.97. The second kappa shape index (κ2) is 5.70. The van der Waals surface area contributed by atoms with E-state index in [0.717, 1.165) is 6.42 Å². The van der Waals surface area contributed by atoms with Crippen LogP contribution < -0.4 is 15.2 Å². The lowest BCUT2D eigenvalue weighted by Crippen LogP contribution is -2.06. The highest BCUT2D eigenvalue weighted by Gasteiger charge is 2.15. The van der Waals surface area contributed by atoms with Crippen LogP contribution in [0, 0.1) is 5.82 Å².